The van der Waals surface area contributed by atoms with E-state index >= 15 is 0 Å². The highest BCUT2D eigenvalue weighted by molar-refractivity contribution is 5.32. The molecule has 4 rings (SSSR count). The Morgan fingerprint density at radius 1 is 1.07 bits per heavy atom. The zero-order valence-corrected chi connectivity index (χ0v) is 17.2. The molecule has 2 fully saturated rings. The number of anilines is 1. The van der Waals surface area contributed by atoms with Crippen LogP contribution >= 0.6 is 0 Å². The Morgan fingerprint density at radius 2 is 1.96 bits per heavy atom. The van der Waals surface area contributed by atoms with Gasteiger partial charge < -0.3 is 9.64 Å². The molecule has 2 aliphatic rings. The number of ether oxygens (including phenoxy) is 1. The summed E-state index contributed by atoms with van der Waals surface area (Å²) in [6.45, 7) is 6.07. The van der Waals surface area contributed by atoms with Crippen LogP contribution in [0, 0.1) is 12.8 Å². The monoisotopic (exact) mass is 382 g/mol. The van der Waals surface area contributed by atoms with Crippen LogP contribution in [0.5, 0.6) is 0 Å². The van der Waals surface area contributed by atoms with Crippen molar-refractivity contribution in [3.05, 3.63) is 41.7 Å². The first-order valence-corrected chi connectivity index (χ1v) is 11.1. The van der Waals surface area contributed by atoms with Crippen LogP contribution < -0.4 is 4.90 Å². The second-order valence-electron chi connectivity index (χ2n) is 8.48. The first kappa shape index (κ1) is 19.4. The van der Waals surface area contributed by atoms with E-state index in [1.165, 1.54) is 50.5 Å². The molecule has 2 aliphatic heterocycles. The number of rotatable bonds is 7. The Kier molecular flexibility index (Phi) is 6.63. The fourth-order valence-corrected chi connectivity index (χ4v) is 4.69. The van der Waals surface area contributed by atoms with Crippen molar-refractivity contribution in [2.45, 2.75) is 70.9 Å². The van der Waals surface area contributed by atoms with E-state index in [2.05, 4.69) is 56.9 Å². The second kappa shape index (κ2) is 9.55. The summed E-state index contributed by atoms with van der Waals surface area (Å²) in [6, 6.07) is 10.9. The largest absolute Gasteiger partial charge is 0.376 e. The highest BCUT2D eigenvalue weighted by atomic mass is 16.5. The van der Waals surface area contributed by atoms with Gasteiger partial charge in [-0.2, -0.15) is 0 Å². The van der Waals surface area contributed by atoms with Crippen molar-refractivity contribution in [2.75, 3.05) is 24.6 Å². The van der Waals surface area contributed by atoms with Gasteiger partial charge in [-0.05, 0) is 69.8 Å². The average molecular weight is 383 g/mol. The fraction of sp³-hybridized carbons (Fsp3) is 0.652. The third kappa shape index (κ3) is 4.93. The Hall–Kier alpha value is -1.88. The van der Waals surface area contributed by atoms with Crippen molar-refractivity contribution in [3.63, 3.8) is 0 Å². The Morgan fingerprint density at radius 3 is 2.79 bits per heavy atom. The third-order valence-corrected chi connectivity index (χ3v) is 6.30. The van der Waals surface area contributed by atoms with Crippen molar-refractivity contribution in [1.82, 2.24) is 14.8 Å². The Bertz CT molecular complexity index is 723. The van der Waals surface area contributed by atoms with E-state index in [-0.39, 0.29) is 0 Å². The van der Waals surface area contributed by atoms with Crippen molar-refractivity contribution < 1.29 is 4.74 Å². The standard InChI is InChI=1S/C23H34N4O/c1-19-24-25-23(27(19)18-22-14-5-6-16-28-22)26-15-8-13-21(17-26)12-7-11-20-9-3-2-4-10-20/h2-4,9-10,21-22H,5-8,11-18H2,1H3. The maximum atomic E-state index is 5.97. The predicted molar refractivity (Wildman–Crippen MR) is 113 cm³/mol. The summed E-state index contributed by atoms with van der Waals surface area (Å²) < 4.78 is 8.26. The quantitative estimate of drug-likeness (QED) is 0.712. The molecule has 3 heterocycles. The molecule has 152 valence electrons. The first-order valence-electron chi connectivity index (χ1n) is 11.1. The number of aromatic nitrogens is 3. The smallest absolute Gasteiger partial charge is 0.227 e. The van der Waals surface area contributed by atoms with E-state index in [4.69, 9.17) is 4.74 Å². The molecule has 28 heavy (non-hydrogen) atoms. The van der Waals surface area contributed by atoms with Crippen LogP contribution in [0.4, 0.5) is 5.95 Å². The van der Waals surface area contributed by atoms with Gasteiger partial charge in [0.2, 0.25) is 5.95 Å². The molecule has 0 N–H and O–H groups in total. The van der Waals surface area contributed by atoms with Gasteiger partial charge in [0.25, 0.3) is 0 Å². The number of hydrogen-bond acceptors (Lipinski definition) is 4. The molecule has 0 amide bonds. The second-order valence-corrected chi connectivity index (χ2v) is 8.48. The lowest BCUT2D eigenvalue weighted by Crippen LogP contribution is -2.38. The molecule has 0 aliphatic carbocycles. The number of piperidine rings is 1. The van der Waals surface area contributed by atoms with Crippen molar-refractivity contribution in [1.29, 1.82) is 0 Å². The van der Waals surface area contributed by atoms with Crippen LogP contribution in [0.2, 0.25) is 0 Å². The Balaban J connectivity index is 1.34. The number of hydrogen-bond donors (Lipinski definition) is 0. The first-order chi connectivity index (χ1) is 13.8. The zero-order chi connectivity index (χ0) is 19.2. The highest BCUT2D eigenvalue weighted by Gasteiger charge is 2.25. The molecule has 2 aromatic rings. The summed E-state index contributed by atoms with van der Waals surface area (Å²) >= 11 is 0. The Labute approximate surface area is 169 Å². The summed E-state index contributed by atoms with van der Waals surface area (Å²) in [5.74, 6) is 2.82. The summed E-state index contributed by atoms with van der Waals surface area (Å²) in [6.07, 6.45) is 10.3. The van der Waals surface area contributed by atoms with E-state index in [1.54, 1.807) is 0 Å². The fourth-order valence-electron chi connectivity index (χ4n) is 4.69. The molecule has 5 nitrogen and oxygen atoms in total. The normalized spacial score (nSPS) is 23.1. The molecule has 0 bridgehead atoms. The molecular formula is C23H34N4O. The maximum absolute atomic E-state index is 5.97. The molecule has 1 aromatic carbocycles. The lowest BCUT2D eigenvalue weighted by atomic mass is 9.92. The highest BCUT2D eigenvalue weighted by Crippen LogP contribution is 2.27. The van der Waals surface area contributed by atoms with Gasteiger partial charge in [-0.25, -0.2) is 0 Å². The van der Waals surface area contributed by atoms with Crippen LogP contribution in [0.1, 0.15) is 56.3 Å². The minimum Gasteiger partial charge on any atom is -0.376 e. The molecule has 0 spiro atoms. The van der Waals surface area contributed by atoms with E-state index in [1.807, 2.05) is 0 Å². The van der Waals surface area contributed by atoms with E-state index in [0.717, 1.165) is 50.4 Å². The van der Waals surface area contributed by atoms with E-state index < -0.39 is 0 Å². The SMILES string of the molecule is Cc1nnc(N2CCCC(CCCc3ccccc3)C2)n1CC1CCCCO1. The van der Waals surface area contributed by atoms with Crippen LogP contribution in [0.15, 0.2) is 30.3 Å². The van der Waals surface area contributed by atoms with Gasteiger partial charge in [0.1, 0.15) is 5.82 Å². The average Bonchev–Trinajstić information content (AvgIpc) is 3.10. The van der Waals surface area contributed by atoms with Gasteiger partial charge in [-0.15, -0.1) is 10.2 Å². The zero-order valence-electron chi connectivity index (χ0n) is 17.2. The van der Waals surface area contributed by atoms with E-state index in [0.29, 0.717) is 6.10 Å². The molecule has 2 unspecified atom stereocenters. The summed E-state index contributed by atoms with van der Waals surface area (Å²) in [5.41, 5.74) is 1.46. The lowest BCUT2D eigenvalue weighted by molar-refractivity contribution is 0.00578. The number of aryl methyl sites for hydroxylation is 2. The van der Waals surface area contributed by atoms with Crippen LogP contribution in [0.25, 0.3) is 0 Å². The van der Waals surface area contributed by atoms with Crippen molar-refractivity contribution in [3.8, 4) is 0 Å². The molecule has 0 saturated carbocycles. The van der Waals surface area contributed by atoms with Gasteiger partial charge in [-0.1, -0.05) is 30.3 Å². The van der Waals surface area contributed by atoms with E-state index in [9.17, 15) is 0 Å². The van der Waals surface area contributed by atoms with Gasteiger partial charge >= 0.3 is 0 Å². The van der Waals surface area contributed by atoms with Gasteiger partial charge in [0.05, 0.1) is 12.6 Å². The maximum Gasteiger partial charge on any atom is 0.227 e. The van der Waals surface area contributed by atoms with Crippen molar-refractivity contribution >= 4 is 5.95 Å². The topological polar surface area (TPSA) is 43.2 Å². The lowest BCUT2D eigenvalue weighted by Gasteiger charge is -2.34. The summed E-state index contributed by atoms with van der Waals surface area (Å²) in [5, 5.41) is 8.95. The molecular weight excluding hydrogens is 348 g/mol. The van der Waals surface area contributed by atoms with Gasteiger partial charge in [0.15, 0.2) is 0 Å². The minimum atomic E-state index is 0.314. The van der Waals surface area contributed by atoms with Gasteiger partial charge in [-0.3, -0.25) is 4.57 Å². The molecule has 2 saturated heterocycles. The molecule has 5 heteroatoms. The predicted octanol–water partition coefficient (Wildman–Crippen LogP) is 4.39. The third-order valence-electron chi connectivity index (χ3n) is 6.30. The van der Waals surface area contributed by atoms with Gasteiger partial charge in [0, 0.05) is 19.7 Å². The molecule has 2 atom stereocenters. The summed E-state index contributed by atoms with van der Waals surface area (Å²) in [4.78, 5) is 2.47. The number of benzene rings is 1. The van der Waals surface area contributed by atoms with Crippen LogP contribution in [-0.4, -0.2) is 40.6 Å². The van der Waals surface area contributed by atoms with Crippen molar-refractivity contribution in [2.24, 2.45) is 5.92 Å². The molecule has 1 aromatic heterocycles. The summed E-state index contributed by atoms with van der Waals surface area (Å²) in [7, 11) is 0. The molecule has 0 radical (unpaired) electrons. The minimum absolute atomic E-state index is 0.314. The van der Waals surface area contributed by atoms with Crippen LogP contribution in [-0.2, 0) is 17.7 Å². The van der Waals surface area contributed by atoms with Crippen LogP contribution in [0.3, 0.4) is 0 Å². The number of nitrogens with zero attached hydrogens (tertiary/aromatic N) is 4.